The Morgan fingerprint density at radius 2 is 1.50 bits per heavy atom. The summed E-state index contributed by atoms with van der Waals surface area (Å²) in [7, 11) is 0. The van der Waals surface area contributed by atoms with Gasteiger partial charge < -0.3 is 5.32 Å². The van der Waals surface area contributed by atoms with Gasteiger partial charge in [-0.25, -0.2) is 0 Å². The molecule has 1 N–H and O–H groups in total. The van der Waals surface area contributed by atoms with E-state index in [0.717, 1.165) is 12.0 Å². The lowest BCUT2D eigenvalue weighted by Crippen LogP contribution is -2.60. The summed E-state index contributed by atoms with van der Waals surface area (Å²) in [6, 6.07) is 0.840. The van der Waals surface area contributed by atoms with E-state index < -0.39 is 0 Å². The van der Waals surface area contributed by atoms with Crippen molar-refractivity contribution in [2.75, 3.05) is 32.7 Å². The van der Waals surface area contributed by atoms with Crippen LogP contribution in [0.25, 0.3) is 0 Å². The van der Waals surface area contributed by atoms with Gasteiger partial charge in [0.15, 0.2) is 0 Å². The van der Waals surface area contributed by atoms with Crippen molar-refractivity contribution in [2.45, 2.75) is 71.5 Å². The van der Waals surface area contributed by atoms with Gasteiger partial charge in [0.05, 0.1) is 0 Å². The zero-order chi connectivity index (χ0) is 15.0. The molecular formula is C17H35N3. The van der Waals surface area contributed by atoms with Crippen LogP contribution in [-0.4, -0.2) is 59.6 Å². The minimum absolute atomic E-state index is 0.255. The molecule has 0 aromatic heterocycles. The van der Waals surface area contributed by atoms with Crippen molar-refractivity contribution in [3.05, 3.63) is 0 Å². The van der Waals surface area contributed by atoms with Crippen molar-refractivity contribution in [1.29, 1.82) is 0 Å². The Morgan fingerprint density at radius 3 is 1.90 bits per heavy atom. The highest BCUT2D eigenvalue weighted by Crippen LogP contribution is 2.33. The summed E-state index contributed by atoms with van der Waals surface area (Å²) in [5.41, 5.74) is 0.587. The molecule has 1 aliphatic heterocycles. The van der Waals surface area contributed by atoms with E-state index in [4.69, 9.17) is 0 Å². The summed E-state index contributed by atoms with van der Waals surface area (Å²) < 4.78 is 0. The van der Waals surface area contributed by atoms with Crippen molar-refractivity contribution >= 4 is 0 Å². The summed E-state index contributed by atoms with van der Waals surface area (Å²) in [5, 5.41) is 3.69. The first-order valence-electron chi connectivity index (χ1n) is 8.41. The molecule has 2 atom stereocenters. The molecule has 0 amide bonds. The molecule has 118 valence electrons. The van der Waals surface area contributed by atoms with E-state index in [1.807, 2.05) is 0 Å². The molecule has 0 spiro atoms. The topological polar surface area (TPSA) is 18.5 Å². The van der Waals surface area contributed by atoms with Crippen molar-refractivity contribution in [3.8, 4) is 0 Å². The van der Waals surface area contributed by atoms with Crippen LogP contribution >= 0.6 is 0 Å². The van der Waals surface area contributed by atoms with E-state index in [2.05, 4.69) is 56.7 Å². The Labute approximate surface area is 126 Å². The van der Waals surface area contributed by atoms with Crippen LogP contribution < -0.4 is 5.32 Å². The Morgan fingerprint density at radius 1 is 0.900 bits per heavy atom. The molecule has 2 aliphatic rings. The van der Waals surface area contributed by atoms with Crippen molar-refractivity contribution in [3.63, 3.8) is 0 Å². The normalized spacial score (nSPS) is 30.3. The van der Waals surface area contributed by atoms with E-state index >= 15 is 0 Å². The van der Waals surface area contributed by atoms with Crippen molar-refractivity contribution < 1.29 is 0 Å². The minimum atomic E-state index is 0.255. The molecule has 20 heavy (non-hydrogen) atoms. The fourth-order valence-electron chi connectivity index (χ4n) is 3.43. The Hall–Kier alpha value is -0.120. The number of hydrogen-bond acceptors (Lipinski definition) is 3. The highest BCUT2D eigenvalue weighted by atomic mass is 15.3. The fourth-order valence-corrected chi connectivity index (χ4v) is 3.43. The Bertz CT molecular complexity index is 305. The SMILES string of the molecule is CC(C)(C)NCC1CCC1N1CCN(C(C)(C)C)CC1. The van der Waals surface area contributed by atoms with Gasteiger partial charge >= 0.3 is 0 Å². The largest absolute Gasteiger partial charge is 0.312 e. The first kappa shape index (κ1) is 16.3. The third kappa shape index (κ3) is 4.19. The minimum Gasteiger partial charge on any atom is -0.312 e. The lowest BCUT2D eigenvalue weighted by Gasteiger charge is -2.50. The van der Waals surface area contributed by atoms with Crippen LogP contribution in [-0.2, 0) is 0 Å². The summed E-state index contributed by atoms with van der Waals surface area (Å²) in [4.78, 5) is 5.38. The van der Waals surface area contributed by atoms with Crippen molar-refractivity contribution in [1.82, 2.24) is 15.1 Å². The molecule has 3 heteroatoms. The molecule has 0 radical (unpaired) electrons. The predicted octanol–water partition coefficient (Wildman–Crippen LogP) is 2.57. The molecule has 2 unspecified atom stereocenters. The number of nitrogens with zero attached hydrogens (tertiary/aromatic N) is 2. The standard InChI is InChI=1S/C17H35N3/c1-16(2,3)18-13-14-7-8-15(14)19-9-11-20(12-10-19)17(4,5)6/h14-15,18H,7-13H2,1-6H3. The molecule has 1 aliphatic carbocycles. The van der Waals surface area contributed by atoms with E-state index in [-0.39, 0.29) is 5.54 Å². The molecule has 2 fully saturated rings. The van der Waals surface area contributed by atoms with Gasteiger partial charge in [-0.2, -0.15) is 0 Å². The molecule has 1 saturated carbocycles. The van der Waals surface area contributed by atoms with Gasteiger partial charge in [-0.1, -0.05) is 0 Å². The predicted molar refractivity (Wildman–Crippen MR) is 87.2 cm³/mol. The molecule has 2 rings (SSSR count). The zero-order valence-corrected chi connectivity index (χ0v) is 14.5. The highest BCUT2D eigenvalue weighted by Gasteiger charge is 2.38. The lowest BCUT2D eigenvalue weighted by molar-refractivity contribution is -0.00528. The van der Waals surface area contributed by atoms with E-state index in [0.29, 0.717) is 5.54 Å². The van der Waals surface area contributed by atoms with Gasteiger partial charge in [0.2, 0.25) is 0 Å². The van der Waals surface area contributed by atoms with Crippen LogP contribution in [0.1, 0.15) is 54.4 Å². The number of hydrogen-bond donors (Lipinski definition) is 1. The molecular weight excluding hydrogens is 246 g/mol. The fraction of sp³-hybridized carbons (Fsp3) is 1.00. The molecule has 0 aromatic rings. The maximum absolute atomic E-state index is 3.69. The Kier molecular flexibility index (Phi) is 4.83. The van der Waals surface area contributed by atoms with Gasteiger partial charge in [0.1, 0.15) is 0 Å². The Balaban J connectivity index is 1.77. The summed E-state index contributed by atoms with van der Waals surface area (Å²) >= 11 is 0. The summed E-state index contributed by atoms with van der Waals surface area (Å²) in [6.45, 7) is 20.0. The van der Waals surface area contributed by atoms with Crippen LogP contribution in [0.2, 0.25) is 0 Å². The van der Waals surface area contributed by atoms with E-state index in [9.17, 15) is 0 Å². The summed E-state index contributed by atoms with van der Waals surface area (Å²) in [5.74, 6) is 0.871. The van der Waals surface area contributed by atoms with Crippen LogP contribution in [0, 0.1) is 5.92 Å². The smallest absolute Gasteiger partial charge is 0.0137 e. The maximum Gasteiger partial charge on any atom is 0.0137 e. The van der Waals surface area contributed by atoms with Gasteiger partial charge in [0.25, 0.3) is 0 Å². The average molecular weight is 281 g/mol. The zero-order valence-electron chi connectivity index (χ0n) is 14.5. The van der Waals surface area contributed by atoms with Crippen LogP contribution in [0.15, 0.2) is 0 Å². The molecule has 0 aromatic carbocycles. The third-order valence-electron chi connectivity index (χ3n) is 5.00. The second-order valence-electron chi connectivity index (χ2n) is 8.73. The van der Waals surface area contributed by atoms with Gasteiger partial charge in [-0.3, -0.25) is 9.80 Å². The quantitative estimate of drug-likeness (QED) is 0.858. The number of rotatable bonds is 3. The average Bonchev–Trinajstić information content (AvgIpc) is 2.25. The second kappa shape index (κ2) is 5.94. The van der Waals surface area contributed by atoms with Gasteiger partial charge in [-0.15, -0.1) is 0 Å². The second-order valence-corrected chi connectivity index (χ2v) is 8.73. The lowest BCUT2D eigenvalue weighted by atomic mass is 9.77. The molecule has 0 bridgehead atoms. The highest BCUT2D eigenvalue weighted by molar-refractivity contribution is 4.94. The third-order valence-corrected chi connectivity index (χ3v) is 5.00. The van der Waals surface area contributed by atoms with Crippen molar-refractivity contribution in [2.24, 2.45) is 5.92 Å². The molecule has 1 heterocycles. The monoisotopic (exact) mass is 281 g/mol. The number of nitrogens with one attached hydrogen (secondary N) is 1. The first-order chi connectivity index (χ1) is 9.17. The van der Waals surface area contributed by atoms with E-state index in [1.165, 1.54) is 45.6 Å². The van der Waals surface area contributed by atoms with Crippen LogP contribution in [0.5, 0.6) is 0 Å². The maximum atomic E-state index is 3.69. The van der Waals surface area contributed by atoms with Gasteiger partial charge in [0, 0.05) is 43.3 Å². The number of piperazine rings is 1. The summed E-state index contributed by atoms with van der Waals surface area (Å²) in [6.07, 6.45) is 2.82. The molecule has 1 saturated heterocycles. The molecule has 3 nitrogen and oxygen atoms in total. The van der Waals surface area contributed by atoms with E-state index in [1.54, 1.807) is 0 Å². The van der Waals surface area contributed by atoms with Gasteiger partial charge in [-0.05, 0) is 66.8 Å². The van der Waals surface area contributed by atoms with Crippen LogP contribution in [0.4, 0.5) is 0 Å². The first-order valence-corrected chi connectivity index (χ1v) is 8.41. The van der Waals surface area contributed by atoms with Crippen LogP contribution in [0.3, 0.4) is 0 Å².